The highest BCUT2D eigenvalue weighted by Crippen LogP contribution is 2.30. The second-order valence-electron chi connectivity index (χ2n) is 6.12. The van der Waals surface area contributed by atoms with Crippen molar-refractivity contribution in [3.8, 4) is 0 Å². The molecule has 1 aliphatic carbocycles. The summed E-state index contributed by atoms with van der Waals surface area (Å²) in [6.45, 7) is 6.13. The minimum absolute atomic E-state index is 0.680. The van der Waals surface area contributed by atoms with Crippen LogP contribution < -0.4 is 5.32 Å². The number of nitrogens with zero attached hydrogens (tertiary/aromatic N) is 1. The van der Waals surface area contributed by atoms with Gasteiger partial charge in [-0.15, -0.1) is 0 Å². The van der Waals surface area contributed by atoms with Gasteiger partial charge in [0.1, 0.15) is 0 Å². The second kappa shape index (κ2) is 7.76. The van der Waals surface area contributed by atoms with E-state index in [1.165, 1.54) is 63.9 Å². The van der Waals surface area contributed by atoms with Gasteiger partial charge < -0.3 is 5.32 Å². The van der Waals surface area contributed by atoms with Crippen LogP contribution in [0.15, 0.2) is 0 Å². The lowest BCUT2D eigenvalue weighted by molar-refractivity contribution is 0.0758. The van der Waals surface area contributed by atoms with Crippen molar-refractivity contribution in [2.24, 2.45) is 5.92 Å². The van der Waals surface area contributed by atoms with E-state index in [1.54, 1.807) is 0 Å². The van der Waals surface area contributed by atoms with Crippen LogP contribution in [-0.4, -0.2) is 48.6 Å². The van der Waals surface area contributed by atoms with Crippen LogP contribution in [0.25, 0.3) is 0 Å². The van der Waals surface area contributed by atoms with E-state index in [2.05, 4.69) is 23.4 Å². The van der Waals surface area contributed by atoms with Crippen LogP contribution in [0, 0.1) is 5.92 Å². The fourth-order valence-electron chi connectivity index (χ4n) is 3.66. The quantitative estimate of drug-likeness (QED) is 0.773. The van der Waals surface area contributed by atoms with Gasteiger partial charge in [-0.2, -0.15) is 11.8 Å². The molecule has 106 valence electrons. The highest BCUT2D eigenvalue weighted by Gasteiger charge is 2.32. The monoisotopic (exact) mass is 270 g/mol. The van der Waals surface area contributed by atoms with Gasteiger partial charge in [0.05, 0.1) is 0 Å². The maximum absolute atomic E-state index is 3.70. The summed E-state index contributed by atoms with van der Waals surface area (Å²) in [5, 5.41) is 3.70. The molecule has 1 heterocycles. The lowest BCUT2D eigenvalue weighted by Crippen LogP contribution is -2.58. The first kappa shape index (κ1) is 14.7. The first-order chi connectivity index (χ1) is 8.81. The summed E-state index contributed by atoms with van der Waals surface area (Å²) in [6, 6.07) is 1.50. The maximum Gasteiger partial charge on any atom is 0.0249 e. The number of rotatable bonds is 5. The smallest absolute Gasteiger partial charge is 0.0249 e. The van der Waals surface area contributed by atoms with E-state index in [1.807, 2.05) is 11.8 Å². The van der Waals surface area contributed by atoms with Gasteiger partial charge in [0.15, 0.2) is 0 Å². The molecular weight excluding hydrogens is 240 g/mol. The van der Waals surface area contributed by atoms with Crippen molar-refractivity contribution in [2.75, 3.05) is 31.6 Å². The summed E-state index contributed by atoms with van der Waals surface area (Å²) in [4.78, 5) is 2.80. The Kier molecular flexibility index (Phi) is 6.33. The number of hydrogen-bond acceptors (Lipinski definition) is 3. The Balaban J connectivity index is 1.87. The van der Waals surface area contributed by atoms with Crippen molar-refractivity contribution in [2.45, 2.75) is 57.5 Å². The van der Waals surface area contributed by atoms with Crippen LogP contribution in [0.1, 0.15) is 45.4 Å². The molecule has 18 heavy (non-hydrogen) atoms. The number of thioether (sulfide) groups is 1. The molecule has 0 amide bonds. The van der Waals surface area contributed by atoms with E-state index in [0.29, 0.717) is 6.04 Å². The normalized spacial score (nSPS) is 31.7. The van der Waals surface area contributed by atoms with Crippen molar-refractivity contribution in [3.05, 3.63) is 0 Å². The van der Waals surface area contributed by atoms with Crippen LogP contribution in [0.3, 0.4) is 0 Å². The van der Waals surface area contributed by atoms with E-state index in [-0.39, 0.29) is 0 Å². The molecule has 2 aliphatic rings. The van der Waals surface area contributed by atoms with E-state index in [9.17, 15) is 0 Å². The number of piperazine rings is 1. The fraction of sp³-hybridized carbons (Fsp3) is 1.00. The van der Waals surface area contributed by atoms with Gasteiger partial charge in [0.2, 0.25) is 0 Å². The lowest BCUT2D eigenvalue weighted by atomic mass is 9.82. The van der Waals surface area contributed by atoms with Crippen molar-refractivity contribution in [1.82, 2.24) is 10.2 Å². The Hall–Kier alpha value is 0.270. The molecule has 1 N–H and O–H groups in total. The van der Waals surface area contributed by atoms with Crippen LogP contribution in [-0.2, 0) is 0 Å². The first-order valence-corrected chi connectivity index (χ1v) is 9.17. The van der Waals surface area contributed by atoms with Gasteiger partial charge >= 0.3 is 0 Å². The van der Waals surface area contributed by atoms with Gasteiger partial charge in [-0.25, -0.2) is 0 Å². The summed E-state index contributed by atoms with van der Waals surface area (Å²) in [5.74, 6) is 2.28. The molecule has 2 atom stereocenters. The molecule has 1 saturated carbocycles. The summed E-state index contributed by atoms with van der Waals surface area (Å²) in [6.07, 6.45) is 10.9. The minimum Gasteiger partial charge on any atom is -0.311 e. The average Bonchev–Trinajstić information content (AvgIpc) is 2.40. The topological polar surface area (TPSA) is 15.3 Å². The molecule has 0 spiro atoms. The zero-order valence-corrected chi connectivity index (χ0v) is 13.0. The summed E-state index contributed by atoms with van der Waals surface area (Å²) in [5.41, 5.74) is 0. The van der Waals surface area contributed by atoms with Crippen LogP contribution in [0.2, 0.25) is 0 Å². The molecule has 3 heteroatoms. The van der Waals surface area contributed by atoms with Crippen LogP contribution >= 0.6 is 11.8 Å². The van der Waals surface area contributed by atoms with Gasteiger partial charge in [-0.05, 0) is 50.7 Å². The first-order valence-electron chi connectivity index (χ1n) is 7.77. The van der Waals surface area contributed by atoms with Crippen LogP contribution in [0.4, 0.5) is 0 Å². The number of hydrogen-bond donors (Lipinski definition) is 1. The Morgan fingerprint density at radius 2 is 2.00 bits per heavy atom. The summed E-state index contributed by atoms with van der Waals surface area (Å²) in [7, 11) is 0. The van der Waals surface area contributed by atoms with Crippen molar-refractivity contribution in [3.63, 3.8) is 0 Å². The predicted octanol–water partition coefficient (Wildman–Crippen LogP) is 2.98. The average molecular weight is 270 g/mol. The summed E-state index contributed by atoms with van der Waals surface area (Å²) < 4.78 is 0. The van der Waals surface area contributed by atoms with E-state index in [4.69, 9.17) is 0 Å². The Morgan fingerprint density at radius 3 is 2.72 bits per heavy atom. The lowest BCUT2D eigenvalue weighted by Gasteiger charge is -2.44. The highest BCUT2D eigenvalue weighted by atomic mass is 32.2. The SMILES string of the molecule is CSCCCN1CC(C)NCC1C1CCCCC1. The molecule has 1 saturated heterocycles. The van der Waals surface area contributed by atoms with E-state index >= 15 is 0 Å². The van der Waals surface area contributed by atoms with E-state index < -0.39 is 0 Å². The minimum atomic E-state index is 0.680. The Bertz CT molecular complexity index is 229. The van der Waals surface area contributed by atoms with Gasteiger partial charge in [0, 0.05) is 25.2 Å². The Morgan fingerprint density at radius 1 is 1.22 bits per heavy atom. The molecule has 1 aliphatic heterocycles. The van der Waals surface area contributed by atoms with Crippen molar-refractivity contribution < 1.29 is 0 Å². The number of nitrogens with one attached hydrogen (secondary N) is 1. The Labute approximate surface area is 117 Å². The third kappa shape index (κ3) is 4.14. The predicted molar refractivity (Wildman–Crippen MR) is 82.4 cm³/mol. The molecule has 2 unspecified atom stereocenters. The molecule has 0 aromatic heterocycles. The molecule has 2 rings (SSSR count). The molecule has 2 nitrogen and oxygen atoms in total. The molecule has 0 aromatic rings. The van der Waals surface area contributed by atoms with Crippen molar-refractivity contribution in [1.29, 1.82) is 0 Å². The van der Waals surface area contributed by atoms with Gasteiger partial charge in [-0.1, -0.05) is 19.3 Å². The van der Waals surface area contributed by atoms with E-state index in [0.717, 1.165) is 12.0 Å². The zero-order valence-electron chi connectivity index (χ0n) is 12.2. The summed E-state index contributed by atoms with van der Waals surface area (Å²) >= 11 is 1.99. The van der Waals surface area contributed by atoms with Crippen LogP contribution in [0.5, 0.6) is 0 Å². The van der Waals surface area contributed by atoms with Gasteiger partial charge in [0.25, 0.3) is 0 Å². The maximum atomic E-state index is 3.70. The zero-order chi connectivity index (χ0) is 12.8. The largest absolute Gasteiger partial charge is 0.311 e. The standard InChI is InChI=1S/C15H30N2S/c1-13-12-17(9-6-10-18-2)15(11-16-13)14-7-4-3-5-8-14/h13-16H,3-12H2,1-2H3. The third-order valence-electron chi connectivity index (χ3n) is 4.64. The molecule has 0 aromatic carbocycles. The fourth-order valence-corrected chi connectivity index (χ4v) is 4.07. The second-order valence-corrected chi connectivity index (χ2v) is 7.10. The highest BCUT2D eigenvalue weighted by molar-refractivity contribution is 7.98. The molecular formula is C15H30N2S. The van der Waals surface area contributed by atoms with Crippen molar-refractivity contribution >= 4 is 11.8 Å². The van der Waals surface area contributed by atoms with Gasteiger partial charge in [-0.3, -0.25) is 4.90 Å². The third-order valence-corrected chi connectivity index (χ3v) is 5.34. The molecule has 2 fully saturated rings. The molecule has 0 radical (unpaired) electrons. The molecule has 0 bridgehead atoms.